The minimum absolute atomic E-state index is 0.0952. The number of aryl methyl sites for hydroxylation is 4. The van der Waals surface area contributed by atoms with Crippen molar-refractivity contribution in [3.05, 3.63) is 56.3 Å². The summed E-state index contributed by atoms with van der Waals surface area (Å²) in [5, 5.41) is 8.95. The van der Waals surface area contributed by atoms with Gasteiger partial charge in [-0.1, -0.05) is 29.0 Å². The Bertz CT molecular complexity index is 970. The summed E-state index contributed by atoms with van der Waals surface area (Å²) in [6.07, 6.45) is 0.256. The maximum absolute atomic E-state index is 12.5. The van der Waals surface area contributed by atoms with E-state index in [1.165, 1.54) is 4.88 Å². The molecule has 2 aromatic heterocycles. The van der Waals surface area contributed by atoms with Crippen LogP contribution in [0, 0.1) is 34.6 Å². The molecule has 1 amide bonds. The number of hydrogen-bond donors (Lipinski definition) is 1. The van der Waals surface area contributed by atoms with Gasteiger partial charge in [-0.2, -0.15) is 5.10 Å². The zero-order valence-electron chi connectivity index (χ0n) is 15.5. The molecule has 0 bridgehead atoms. The van der Waals surface area contributed by atoms with Crippen LogP contribution in [0.5, 0.6) is 0 Å². The molecule has 0 saturated carbocycles. The van der Waals surface area contributed by atoms with Crippen molar-refractivity contribution in [1.29, 1.82) is 0 Å². The van der Waals surface area contributed by atoms with Crippen LogP contribution < -0.4 is 5.32 Å². The van der Waals surface area contributed by atoms with Crippen molar-refractivity contribution in [1.82, 2.24) is 14.8 Å². The first-order valence-electron chi connectivity index (χ1n) is 8.31. The molecule has 3 rings (SSSR count). The molecular weight excluding hydrogens is 368 g/mol. The lowest BCUT2D eigenvalue weighted by Gasteiger charge is -2.07. The molecule has 1 aromatic carbocycles. The lowest BCUT2D eigenvalue weighted by Crippen LogP contribution is -2.15. The molecule has 7 heteroatoms. The number of carbonyl (C=O) groups excluding carboxylic acids is 1. The zero-order chi connectivity index (χ0) is 19.0. The molecule has 2 heterocycles. The average molecular weight is 389 g/mol. The Morgan fingerprint density at radius 1 is 1.19 bits per heavy atom. The van der Waals surface area contributed by atoms with E-state index in [0.29, 0.717) is 10.7 Å². The van der Waals surface area contributed by atoms with Crippen LogP contribution >= 0.6 is 22.9 Å². The first kappa shape index (κ1) is 18.6. The largest absolute Gasteiger partial charge is 0.326 e. The molecule has 0 radical (unpaired) electrons. The summed E-state index contributed by atoms with van der Waals surface area (Å²) in [7, 11) is 0. The minimum atomic E-state index is -0.0952. The first-order chi connectivity index (χ1) is 12.3. The Labute approximate surface area is 162 Å². The Morgan fingerprint density at radius 3 is 2.54 bits per heavy atom. The van der Waals surface area contributed by atoms with Gasteiger partial charge in [0, 0.05) is 26.8 Å². The van der Waals surface area contributed by atoms with Crippen LogP contribution in [-0.4, -0.2) is 20.7 Å². The summed E-state index contributed by atoms with van der Waals surface area (Å²) in [6.45, 7) is 9.85. The number of aromatic nitrogens is 3. The van der Waals surface area contributed by atoms with Gasteiger partial charge in [0.25, 0.3) is 0 Å². The van der Waals surface area contributed by atoms with Crippen LogP contribution in [-0.2, 0) is 11.2 Å². The second kappa shape index (κ2) is 7.21. The molecule has 26 heavy (non-hydrogen) atoms. The molecule has 0 atom stereocenters. The van der Waals surface area contributed by atoms with E-state index in [-0.39, 0.29) is 12.3 Å². The molecule has 0 saturated heterocycles. The quantitative estimate of drug-likeness (QED) is 0.704. The van der Waals surface area contributed by atoms with Crippen LogP contribution in [0.15, 0.2) is 18.2 Å². The van der Waals surface area contributed by atoms with Gasteiger partial charge in [0.15, 0.2) is 0 Å². The SMILES string of the molecule is Cc1ccc(NC(=O)Cc2c(C)nn(-c3nc(C)c(C)s3)c2C)cc1Cl. The van der Waals surface area contributed by atoms with Crippen LogP contribution in [0.1, 0.15) is 33.1 Å². The number of thiazole rings is 1. The molecule has 0 spiro atoms. The molecule has 3 aromatic rings. The number of halogens is 1. The van der Waals surface area contributed by atoms with E-state index in [1.807, 2.05) is 51.4 Å². The topological polar surface area (TPSA) is 59.8 Å². The van der Waals surface area contributed by atoms with Gasteiger partial charge < -0.3 is 5.32 Å². The first-order valence-corrected chi connectivity index (χ1v) is 9.51. The predicted octanol–water partition coefficient (Wildman–Crippen LogP) is 4.71. The number of amides is 1. The van der Waals surface area contributed by atoms with Gasteiger partial charge in [-0.15, -0.1) is 0 Å². The summed E-state index contributed by atoms with van der Waals surface area (Å²) >= 11 is 7.73. The normalized spacial score (nSPS) is 11.0. The van der Waals surface area contributed by atoms with Crippen LogP contribution in [0.2, 0.25) is 5.02 Å². The highest BCUT2D eigenvalue weighted by molar-refractivity contribution is 7.14. The third-order valence-electron chi connectivity index (χ3n) is 4.43. The number of nitrogens with one attached hydrogen (secondary N) is 1. The highest BCUT2D eigenvalue weighted by Gasteiger charge is 2.18. The molecule has 136 valence electrons. The van der Waals surface area contributed by atoms with E-state index in [2.05, 4.69) is 15.4 Å². The van der Waals surface area contributed by atoms with Gasteiger partial charge in [0.1, 0.15) is 0 Å². The standard InChI is InChI=1S/C19H21ClN4OS/c1-10-6-7-15(8-17(10)20)22-18(25)9-16-12(3)23-24(13(16)4)19-21-11(2)14(5)26-19/h6-8H,9H2,1-5H3,(H,22,25). The maximum atomic E-state index is 12.5. The summed E-state index contributed by atoms with van der Waals surface area (Å²) in [5.74, 6) is -0.0952. The number of rotatable bonds is 4. The van der Waals surface area contributed by atoms with Crippen LogP contribution in [0.4, 0.5) is 5.69 Å². The van der Waals surface area contributed by atoms with Gasteiger partial charge in [0.05, 0.1) is 17.8 Å². The third kappa shape index (κ3) is 3.66. The third-order valence-corrected chi connectivity index (χ3v) is 5.89. The van der Waals surface area contributed by atoms with Crippen molar-refractivity contribution in [2.75, 3.05) is 5.32 Å². The molecule has 0 fully saturated rings. The monoisotopic (exact) mass is 388 g/mol. The number of benzene rings is 1. The molecule has 0 unspecified atom stereocenters. The lowest BCUT2D eigenvalue weighted by atomic mass is 10.1. The Hall–Kier alpha value is -2.18. The summed E-state index contributed by atoms with van der Waals surface area (Å²) in [4.78, 5) is 18.2. The molecule has 0 aliphatic carbocycles. The van der Waals surface area contributed by atoms with Crippen LogP contribution in [0.25, 0.3) is 5.13 Å². The molecule has 5 nitrogen and oxygen atoms in total. The fourth-order valence-corrected chi connectivity index (χ4v) is 3.79. The lowest BCUT2D eigenvalue weighted by molar-refractivity contribution is -0.115. The number of carbonyl (C=O) groups is 1. The Balaban J connectivity index is 1.81. The van der Waals surface area contributed by atoms with E-state index in [0.717, 1.165) is 33.3 Å². The van der Waals surface area contributed by atoms with Gasteiger partial charge in [0.2, 0.25) is 11.0 Å². The van der Waals surface area contributed by atoms with Crippen molar-refractivity contribution in [3.63, 3.8) is 0 Å². The summed E-state index contributed by atoms with van der Waals surface area (Å²) in [5.41, 5.74) is 5.38. The molecular formula is C19H21ClN4OS. The van der Waals surface area contributed by atoms with E-state index in [9.17, 15) is 4.79 Å². The number of nitrogens with zero attached hydrogens (tertiary/aromatic N) is 3. The van der Waals surface area contributed by atoms with Gasteiger partial charge in [-0.25, -0.2) is 9.67 Å². The van der Waals surface area contributed by atoms with Gasteiger partial charge >= 0.3 is 0 Å². The Kier molecular flexibility index (Phi) is 5.16. The smallest absolute Gasteiger partial charge is 0.228 e. The molecule has 0 aliphatic heterocycles. The van der Waals surface area contributed by atoms with Crippen molar-refractivity contribution < 1.29 is 4.79 Å². The summed E-state index contributed by atoms with van der Waals surface area (Å²) in [6, 6.07) is 5.50. The zero-order valence-corrected chi connectivity index (χ0v) is 17.0. The second-order valence-corrected chi connectivity index (χ2v) is 7.98. The Morgan fingerprint density at radius 2 is 1.92 bits per heavy atom. The fraction of sp³-hybridized carbons (Fsp3) is 0.316. The number of anilines is 1. The minimum Gasteiger partial charge on any atom is -0.326 e. The maximum Gasteiger partial charge on any atom is 0.228 e. The van der Waals surface area contributed by atoms with E-state index >= 15 is 0 Å². The van der Waals surface area contributed by atoms with Crippen LogP contribution in [0.3, 0.4) is 0 Å². The highest BCUT2D eigenvalue weighted by Crippen LogP contribution is 2.25. The predicted molar refractivity (Wildman–Crippen MR) is 107 cm³/mol. The fourth-order valence-electron chi connectivity index (χ4n) is 2.70. The summed E-state index contributed by atoms with van der Waals surface area (Å²) < 4.78 is 1.82. The van der Waals surface area contributed by atoms with E-state index in [4.69, 9.17) is 11.6 Å². The van der Waals surface area contributed by atoms with Crippen molar-refractivity contribution in [2.45, 2.75) is 41.0 Å². The van der Waals surface area contributed by atoms with Gasteiger partial charge in [-0.3, -0.25) is 4.79 Å². The van der Waals surface area contributed by atoms with E-state index < -0.39 is 0 Å². The van der Waals surface area contributed by atoms with Crippen molar-refractivity contribution in [2.24, 2.45) is 0 Å². The van der Waals surface area contributed by atoms with Crippen molar-refractivity contribution in [3.8, 4) is 5.13 Å². The molecule has 0 aliphatic rings. The number of hydrogen-bond acceptors (Lipinski definition) is 4. The average Bonchev–Trinajstić information content (AvgIpc) is 3.04. The molecule has 1 N–H and O–H groups in total. The van der Waals surface area contributed by atoms with E-state index in [1.54, 1.807) is 17.4 Å². The van der Waals surface area contributed by atoms with Gasteiger partial charge in [-0.05, 0) is 52.3 Å². The van der Waals surface area contributed by atoms with Crippen molar-refractivity contribution >= 4 is 34.5 Å². The second-order valence-electron chi connectivity index (χ2n) is 6.39. The highest BCUT2D eigenvalue weighted by atomic mass is 35.5.